The first kappa shape index (κ1) is 41.2. The molecule has 0 aliphatic heterocycles. The molecule has 0 N–H and O–H groups in total. The van der Waals surface area contributed by atoms with Crippen molar-refractivity contribution in [1.82, 2.24) is 8.80 Å². The van der Waals surface area contributed by atoms with E-state index in [1.54, 1.807) is 0 Å². The van der Waals surface area contributed by atoms with E-state index < -0.39 is 0 Å². The van der Waals surface area contributed by atoms with Crippen molar-refractivity contribution in [1.29, 1.82) is 0 Å². The minimum atomic E-state index is -0.0799. The van der Waals surface area contributed by atoms with E-state index in [2.05, 4.69) is 140 Å². The smallest absolute Gasteiger partial charge is 0.166 e. The Morgan fingerprint density at radius 3 is 1.08 bits per heavy atom. The number of aromatic nitrogens is 2. The Bertz CT molecular complexity index is 3380. The zero-order valence-corrected chi connectivity index (χ0v) is 41.7. The fraction of sp³-hybridized carbons (Fsp3) is 0.484. The second-order valence-corrected chi connectivity index (χ2v) is 26.6. The number of ketones is 2. The highest BCUT2D eigenvalue weighted by atomic mass is 16.1. The fourth-order valence-electron chi connectivity index (χ4n) is 14.3. The third kappa shape index (κ3) is 5.57. The predicted molar refractivity (Wildman–Crippen MR) is 278 cm³/mol. The maximum Gasteiger partial charge on any atom is 0.166 e. The SMILES string of the molecule is CC(C)(C)Cc1c2c3cc(C(C)(C)C)cc4c5cc6c(cc5n(c2c(CC(C)(C)C)c2c5cc(C(C)(C)C)cc7c8cc9c(cc8n(c12)c75)C(=O)C1CCC9CC1)c43)C(=O)C1CCC6CC1. The van der Waals surface area contributed by atoms with Gasteiger partial charge in [0.05, 0.1) is 33.1 Å². The summed E-state index contributed by atoms with van der Waals surface area (Å²) in [5.41, 5.74) is 17.5. The van der Waals surface area contributed by atoms with Crippen LogP contribution in [0.4, 0.5) is 0 Å². The molecular formula is C62H68N2O2. The first-order valence-corrected chi connectivity index (χ1v) is 25.7. The lowest BCUT2D eigenvalue weighted by atomic mass is 9.79. The molecule has 0 amide bonds. The lowest BCUT2D eigenvalue weighted by Gasteiger charge is -2.25. The largest absolute Gasteiger partial charge is 0.308 e. The van der Waals surface area contributed by atoms with Gasteiger partial charge < -0.3 is 8.80 Å². The van der Waals surface area contributed by atoms with Gasteiger partial charge in [-0.3, -0.25) is 9.59 Å². The average Bonchev–Trinajstić information content (AvgIpc) is 3.88. The van der Waals surface area contributed by atoms with Gasteiger partial charge in [0.25, 0.3) is 0 Å². The summed E-state index contributed by atoms with van der Waals surface area (Å²) in [6, 6.07) is 19.8. The Balaban J connectivity index is 1.31. The van der Waals surface area contributed by atoms with Gasteiger partial charge in [-0.1, -0.05) is 83.1 Å². The summed E-state index contributed by atoms with van der Waals surface area (Å²) >= 11 is 0. The van der Waals surface area contributed by atoms with Crippen molar-refractivity contribution in [2.45, 2.75) is 170 Å². The Morgan fingerprint density at radius 2 is 0.742 bits per heavy atom. The number of Topliss-reactive ketones (excluding diaryl/α,β-unsaturated/α-hetero) is 2. The molecule has 6 aliphatic carbocycles. The van der Waals surface area contributed by atoms with Gasteiger partial charge in [-0.15, -0.1) is 0 Å². The number of hydrogen-bond acceptors (Lipinski definition) is 2. The summed E-state index contributed by atoms with van der Waals surface area (Å²) < 4.78 is 5.33. The maximum absolute atomic E-state index is 14.6. The molecule has 4 heterocycles. The molecule has 4 nitrogen and oxygen atoms in total. The third-order valence-corrected chi connectivity index (χ3v) is 17.5. The van der Waals surface area contributed by atoms with Gasteiger partial charge in [0.15, 0.2) is 11.6 Å². The second-order valence-electron chi connectivity index (χ2n) is 26.6. The van der Waals surface area contributed by atoms with Crippen molar-refractivity contribution < 1.29 is 9.59 Å². The highest BCUT2D eigenvalue weighted by Crippen LogP contribution is 2.55. The van der Waals surface area contributed by atoms with Crippen LogP contribution in [0.25, 0.3) is 76.2 Å². The minimum Gasteiger partial charge on any atom is -0.308 e. The highest BCUT2D eigenvalue weighted by molar-refractivity contribution is 6.32. The van der Waals surface area contributed by atoms with Crippen molar-refractivity contribution in [2.24, 2.45) is 22.7 Å². The van der Waals surface area contributed by atoms with Crippen molar-refractivity contribution in [2.75, 3.05) is 0 Å². The number of carbonyl (C=O) groups excluding carboxylic acids is 2. The number of hydrogen-bond donors (Lipinski definition) is 0. The lowest BCUT2D eigenvalue weighted by Crippen LogP contribution is -2.15. The standard InChI is InChI=1S/C62H68N2O2/c1-59(2,3)29-47-51-45-23-35(61(7,8)9)21-41-40-26-38-32-15-19-34(20-16-32)58(66)44(38)28-50(40)64(53(41)45)56(51)48(30-60(4,5)6)52-46-24-36(62(10,11)12)22-42-39-25-37-31-13-17-33(18-14-31)57(65)43(37)27-49(39)63(54(42)46)55(47)52/h21-28,31-34H,13-20,29-30H2,1-12H3. The van der Waals surface area contributed by atoms with Crippen LogP contribution in [-0.4, -0.2) is 20.4 Å². The van der Waals surface area contributed by atoms with Crippen molar-refractivity contribution in [3.8, 4) is 0 Å². The molecule has 15 rings (SSSR count). The Morgan fingerprint density at radius 1 is 0.409 bits per heavy atom. The van der Waals surface area contributed by atoms with Crippen LogP contribution >= 0.6 is 0 Å². The molecule has 0 spiro atoms. The summed E-state index contributed by atoms with van der Waals surface area (Å²) in [5, 5.41) is 10.7. The van der Waals surface area contributed by atoms with Crippen LogP contribution in [0.15, 0.2) is 48.5 Å². The van der Waals surface area contributed by atoms with Gasteiger partial charge in [-0.25, -0.2) is 0 Å². The minimum absolute atomic E-state index is 0.0319. The average molecular weight is 873 g/mol. The molecular weight excluding hydrogens is 805 g/mol. The quantitative estimate of drug-likeness (QED) is 0.174. The predicted octanol–water partition coefficient (Wildman–Crippen LogP) is 16.7. The third-order valence-electron chi connectivity index (χ3n) is 17.5. The number of nitrogens with zero attached hydrogens (tertiary/aromatic N) is 2. The molecule has 0 atom stereocenters. The molecule has 0 radical (unpaired) electrons. The summed E-state index contributed by atoms with van der Waals surface area (Å²) in [6.07, 6.45) is 10.3. The molecule has 4 bridgehead atoms. The molecule has 2 fully saturated rings. The van der Waals surface area contributed by atoms with E-state index in [0.717, 1.165) is 75.3 Å². The van der Waals surface area contributed by atoms with Gasteiger partial charge in [0, 0.05) is 66.1 Å². The summed E-state index contributed by atoms with van der Waals surface area (Å²) in [4.78, 5) is 29.1. The van der Waals surface area contributed by atoms with Gasteiger partial charge in [0.1, 0.15) is 0 Å². The summed E-state index contributed by atoms with van der Waals surface area (Å²) in [5.74, 6) is 1.91. The van der Waals surface area contributed by atoms with Gasteiger partial charge in [-0.2, -0.15) is 0 Å². The molecule has 6 aliphatic rings. The van der Waals surface area contributed by atoms with E-state index in [1.807, 2.05) is 0 Å². The van der Waals surface area contributed by atoms with E-state index in [9.17, 15) is 9.59 Å². The van der Waals surface area contributed by atoms with Crippen LogP contribution in [0, 0.1) is 22.7 Å². The topological polar surface area (TPSA) is 43.0 Å². The van der Waals surface area contributed by atoms with Gasteiger partial charge in [-0.05, 0) is 180 Å². The van der Waals surface area contributed by atoms with E-state index in [1.165, 1.54) is 110 Å². The molecule has 4 heteroatoms. The summed E-state index contributed by atoms with van der Waals surface area (Å²) in [7, 11) is 0. The van der Waals surface area contributed by atoms with Crippen LogP contribution in [0.2, 0.25) is 0 Å². The molecule has 5 aromatic carbocycles. The first-order valence-electron chi connectivity index (χ1n) is 25.7. The van der Waals surface area contributed by atoms with Crippen LogP contribution in [0.1, 0.15) is 200 Å². The molecule has 2 saturated carbocycles. The molecule has 9 aromatic rings. The van der Waals surface area contributed by atoms with Crippen LogP contribution in [0.5, 0.6) is 0 Å². The molecule has 0 saturated heterocycles. The maximum atomic E-state index is 14.6. The van der Waals surface area contributed by atoms with Crippen molar-refractivity contribution >= 4 is 87.8 Å². The monoisotopic (exact) mass is 873 g/mol. The van der Waals surface area contributed by atoms with Gasteiger partial charge >= 0.3 is 0 Å². The number of fused-ring (bicyclic) bond motifs is 16. The van der Waals surface area contributed by atoms with Crippen molar-refractivity contribution in [3.05, 3.63) is 93.0 Å². The molecule has 338 valence electrons. The normalized spacial score (nSPS) is 21.9. The fourth-order valence-corrected chi connectivity index (χ4v) is 14.3. The van der Waals surface area contributed by atoms with E-state index in [0.29, 0.717) is 23.4 Å². The van der Waals surface area contributed by atoms with E-state index >= 15 is 0 Å². The number of carbonyl (C=O) groups is 2. The number of rotatable bonds is 2. The highest BCUT2D eigenvalue weighted by Gasteiger charge is 2.40. The van der Waals surface area contributed by atoms with Gasteiger partial charge in [0.2, 0.25) is 0 Å². The van der Waals surface area contributed by atoms with Crippen LogP contribution in [-0.2, 0) is 23.7 Å². The van der Waals surface area contributed by atoms with Crippen LogP contribution in [0.3, 0.4) is 0 Å². The number of benzene rings is 5. The Hall–Kier alpha value is -4.96. The van der Waals surface area contributed by atoms with Crippen LogP contribution < -0.4 is 0 Å². The Kier molecular flexibility index (Phi) is 8.10. The second kappa shape index (κ2) is 13.0. The lowest BCUT2D eigenvalue weighted by molar-refractivity contribution is 0.0891. The molecule has 4 aromatic heterocycles. The van der Waals surface area contributed by atoms with E-state index in [4.69, 9.17) is 0 Å². The zero-order chi connectivity index (χ0) is 46.0. The zero-order valence-electron chi connectivity index (χ0n) is 41.7. The van der Waals surface area contributed by atoms with Crippen molar-refractivity contribution in [3.63, 3.8) is 0 Å². The first-order chi connectivity index (χ1) is 31.1. The Labute approximate surface area is 390 Å². The van der Waals surface area contributed by atoms with E-state index in [-0.39, 0.29) is 33.5 Å². The molecule has 66 heavy (non-hydrogen) atoms. The summed E-state index contributed by atoms with van der Waals surface area (Å²) in [6.45, 7) is 28.7. The molecule has 0 unspecified atom stereocenters.